The van der Waals surface area contributed by atoms with E-state index in [9.17, 15) is 14.4 Å². The smallest absolute Gasteiger partial charge is 0.254 e. The van der Waals surface area contributed by atoms with Gasteiger partial charge in [-0.25, -0.2) is 0 Å². The van der Waals surface area contributed by atoms with Crippen LogP contribution in [0.15, 0.2) is 18.2 Å². The van der Waals surface area contributed by atoms with Crippen molar-refractivity contribution in [1.82, 2.24) is 10.2 Å². The van der Waals surface area contributed by atoms with Gasteiger partial charge < -0.3 is 4.90 Å². The van der Waals surface area contributed by atoms with Crippen LogP contribution in [0, 0.1) is 0 Å². The van der Waals surface area contributed by atoms with Gasteiger partial charge in [-0.15, -0.1) is 0 Å². The molecule has 5 nitrogen and oxygen atoms in total. The first-order valence-corrected chi connectivity index (χ1v) is 7.60. The van der Waals surface area contributed by atoms with Crippen molar-refractivity contribution in [2.75, 3.05) is 0 Å². The summed E-state index contributed by atoms with van der Waals surface area (Å²) >= 11 is 0. The molecule has 0 saturated heterocycles. The van der Waals surface area contributed by atoms with Crippen LogP contribution < -0.4 is 5.32 Å². The van der Waals surface area contributed by atoms with Crippen LogP contribution in [0.25, 0.3) is 0 Å². The van der Waals surface area contributed by atoms with Gasteiger partial charge in [-0.05, 0) is 36.5 Å². The lowest BCUT2D eigenvalue weighted by Gasteiger charge is -2.23. The monoisotopic (exact) mass is 302 g/mol. The van der Waals surface area contributed by atoms with Crippen molar-refractivity contribution in [3.63, 3.8) is 0 Å². The number of benzene rings is 1. The number of carbonyl (C=O) groups excluding carboxylic acids is 3. The van der Waals surface area contributed by atoms with Crippen LogP contribution in [0.5, 0.6) is 0 Å². The van der Waals surface area contributed by atoms with E-state index in [0.29, 0.717) is 25.3 Å². The zero-order chi connectivity index (χ0) is 16.3. The highest BCUT2D eigenvalue weighted by molar-refractivity contribution is 5.98. The summed E-state index contributed by atoms with van der Waals surface area (Å²) in [5.41, 5.74) is 3.04. The molecule has 1 aliphatic heterocycles. The largest absolute Gasteiger partial charge is 0.332 e. The van der Waals surface area contributed by atoms with E-state index in [1.807, 2.05) is 19.1 Å². The molecule has 1 aliphatic rings. The molecule has 3 amide bonds. The summed E-state index contributed by atoms with van der Waals surface area (Å²) in [5, 5.41) is 2.12. The predicted molar refractivity (Wildman–Crippen MR) is 83.3 cm³/mol. The molecule has 118 valence electrons. The number of fused-ring (bicyclic) bond motifs is 1. The second kappa shape index (κ2) is 6.73. The lowest BCUT2D eigenvalue weighted by atomic mass is 9.98. The summed E-state index contributed by atoms with van der Waals surface area (Å²) in [6, 6.07) is 5.97. The van der Waals surface area contributed by atoms with Gasteiger partial charge in [0.2, 0.25) is 12.3 Å². The minimum Gasteiger partial charge on any atom is -0.332 e. The van der Waals surface area contributed by atoms with Gasteiger partial charge in [-0.2, -0.15) is 0 Å². The molecule has 1 N–H and O–H groups in total. The first-order valence-electron chi connectivity index (χ1n) is 7.60. The first-order chi connectivity index (χ1) is 10.4. The number of nitrogens with one attached hydrogen (secondary N) is 1. The van der Waals surface area contributed by atoms with Gasteiger partial charge in [-0.3, -0.25) is 19.7 Å². The average molecular weight is 302 g/mol. The van der Waals surface area contributed by atoms with E-state index in [2.05, 4.69) is 25.2 Å². The summed E-state index contributed by atoms with van der Waals surface area (Å²) in [6.07, 6.45) is 1.16. The third kappa shape index (κ3) is 3.35. The van der Waals surface area contributed by atoms with Crippen molar-refractivity contribution in [2.24, 2.45) is 0 Å². The molecule has 22 heavy (non-hydrogen) atoms. The SMILES string of the molecule is CC(C)c1ccc2c(c1)CN(C(C)CCC(=O)NC=O)C2=O. The number of nitrogens with zero attached hydrogens (tertiary/aromatic N) is 1. The van der Waals surface area contributed by atoms with Crippen LogP contribution in [0.1, 0.15) is 61.0 Å². The number of hydrogen-bond donors (Lipinski definition) is 1. The van der Waals surface area contributed by atoms with E-state index in [4.69, 9.17) is 0 Å². The summed E-state index contributed by atoms with van der Waals surface area (Å²) in [4.78, 5) is 35.8. The van der Waals surface area contributed by atoms with Crippen LogP contribution in [-0.2, 0) is 16.1 Å². The van der Waals surface area contributed by atoms with E-state index in [1.54, 1.807) is 4.90 Å². The summed E-state index contributed by atoms with van der Waals surface area (Å²) in [5.74, 6) is 0.139. The third-order valence-electron chi connectivity index (χ3n) is 4.17. The minimum atomic E-state index is -0.312. The van der Waals surface area contributed by atoms with E-state index in [-0.39, 0.29) is 24.3 Å². The van der Waals surface area contributed by atoms with Crippen LogP contribution in [0.2, 0.25) is 0 Å². The van der Waals surface area contributed by atoms with Gasteiger partial charge in [-0.1, -0.05) is 26.0 Å². The summed E-state index contributed by atoms with van der Waals surface area (Å²) in [6.45, 7) is 6.78. The maximum absolute atomic E-state index is 12.5. The topological polar surface area (TPSA) is 66.5 Å². The van der Waals surface area contributed by atoms with E-state index in [0.717, 1.165) is 11.1 Å². The fourth-order valence-corrected chi connectivity index (χ4v) is 2.71. The van der Waals surface area contributed by atoms with Gasteiger partial charge in [0.1, 0.15) is 0 Å². The standard InChI is InChI=1S/C17H22N2O3/c1-11(2)13-5-6-15-14(8-13)9-19(17(15)22)12(3)4-7-16(21)18-10-20/h5-6,8,10-12H,4,7,9H2,1-3H3,(H,18,20,21). The fraction of sp³-hybridized carbons (Fsp3) is 0.471. The molecule has 1 atom stereocenters. The number of rotatable bonds is 6. The molecule has 5 heteroatoms. The Bertz CT molecular complexity index is 596. The molecule has 0 fully saturated rings. The molecule has 0 bridgehead atoms. The molecule has 0 radical (unpaired) electrons. The molecule has 0 saturated carbocycles. The zero-order valence-electron chi connectivity index (χ0n) is 13.3. The molecule has 0 aromatic heterocycles. The van der Waals surface area contributed by atoms with E-state index < -0.39 is 0 Å². The highest BCUT2D eigenvalue weighted by Crippen LogP contribution is 2.28. The Balaban J connectivity index is 2.04. The van der Waals surface area contributed by atoms with E-state index in [1.165, 1.54) is 5.56 Å². The molecule has 1 unspecified atom stereocenters. The van der Waals surface area contributed by atoms with Crippen LogP contribution in [0.4, 0.5) is 0 Å². The van der Waals surface area contributed by atoms with Gasteiger partial charge in [0.25, 0.3) is 5.91 Å². The van der Waals surface area contributed by atoms with Crippen molar-refractivity contribution in [3.05, 3.63) is 34.9 Å². The van der Waals surface area contributed by atoms with Crippen LogP contribution in [-0.4, -0.2) is 29.2 Å². The van der Waals surface area contributed by atoms with Gasteiger partial charge >= 0.3 is 0 Å². The van der Waals surface area contributed by atoms with E-state index >= 15 is 0 Å². The lowest BCUT2D eigenvalue weighted by Crippen LogP contribution is -2.34. The average Bonchev–Trinajstić information content (AvgIpc) is 2.82. The normalized spacial score (nSPS) is 14.9. The van der Waals surface area contributed by atoms with Crippen molar-refractivity contribution in [2.45, 2.75) is 52.1 Å². The Morgan fingerprint density at radius 3 is 2.73 bits per heavy atom. The molecular formula is C17H22N2O3. The molecule has 2 rings (SSSR count). The molecule has 0 spiro atoms. The highest BCUT2D eigenvalue weighted by Gasteiger charge is 2.30. The zero-order valence-corrected chi connectivity index (χ0v) is 13.3. The summed E-state index contributed by atoms with van der Waals surface area (Å²) in [7, 11) is 0. The summed E-state index contributed by atoms with van der Waals surface area (Å²) < 4.78 is 0. The number of carbonyl (C=O) groups is 3. The third-order valence-corrected chi connectivity index (χ3v) is 4.17. The van der Waals surface area contributed by atoms with Gasteiger partial charge in [0, 0.05) is 24.6 Å². The highest BCUT2D eigenvalue weighted by atomic mass is 16.2. The second-order valence-corrected chi connectivity index (χ2v) is 6.08. The maximum atomic E-state index is 12.5. The van der Waals surface area contributed by atoms with Gasteiger partial charge in [0.15, 0.2) is 0 Å². The Morgan fingerprint density at radius 1 is 1.36 bits per heavy atom. The Morgan fingerprint density at radius 2 is 2.09 bits per heavy atom. The number of imide groups is 1. The quantitative estimate of drug-likeness (QED) is 0.819. The Kier molecular flexibility index (Phi) is 4.96. The van der Waals surface area contributed by atoms with Crippen LogP contribution >= 0.6 is 0 Å². The fourth-order valence-electron chi connectivity index (χ4n) is 2.71. The van der Waals surface area contributed by atoms with Crippen LogP contribution in [0.3, 0.4) is 0 Å². The first kappa shape index (κ1) is 16.2. The molecule has 1 aromatic rings. The molecule has 1 aromatic carbocycles. The Hall–Kier alpha value is -2.17. The molecular weight excluding hydrogens is 280 g/mol. The lowest BCUT2D eigenvalue weighted by molar-refractivity contribution is -0.125. The molecule has 0 aliphatic carbocycles. The Labute approximate surface area is 130 Å². The van der Waals surface area contributed by atoms with Crippen molar-refractivity contribution >= 4 is 18.2 Å². The molecule has 1 heterocycles. The maximum Gasteiger partial charge on any atom is 0.254 e. The van der Waals surface area contributed by atoms with Gasteiger partial charge in [0.05, 0.1) is 0 Å². The number of hydrogen-bond acceptors (Lipinski definition) is 3. The predicted octanol–water partition coefficient (Wildman–Crippen LogP) is 2.21. The van der Waals surface area contributed by atoms with Crippen molar-refractivity contribution < 1.29 is 14.4 Å². The van der Waals surface area contributed by atoms with Crippen molar-refractivity contribution in [3.8, 4) is 0 Å². The minimum absolute atomic E-state index is 0.0219. The van der Waals surface area contributed by atoms with Crippen molar-refractivity contribution in [1.29, 1.82) is 0 Å². The second-order valence-electron chi connectivity index (χ2n) is 6.08. The number of amides is 3.